The second kappa shape index (κ2) is 8.76. The van der Waals surface area contributed by atoms with Crippen molar-refractivity contribution in [2.24, 2.45) is 0 Å². The van der Waals surface area contributed by atoms with Crippen LogP contribution in [0.4, 0.5) is 0 Å². The molecule has 3 rings (SSSR count). The fourth-order valence-electron chi connectivity index (χ4n) is 4.01. The van der Waals surface area contributed by atoms with Crippen LogP contribution in [0, 0.1) is 6.92 Å². The van der Waals surface area contributed by atoms with Gasteiger partial charge in [-0.2, -0.15) is 0 Å². The molecule has 1 atom stereocenters. The summed E-state index contributed by atoms with van der Waals surface area (Å²) in [5.74, 6) is -0.0932. The van der Waals surface area contributed by atoms with E-state index in [1.807, 2.05) is 11.6 Å². The zero-order chi connectivity index (χ0) is 17.6. The molecule has 2 aliphatic heterocycles. The number of carbonyl (C=O) groups excluding carboxylic acids is 1. The van der Waals surface area contributed by atoms with E-state index in [1.54, 1.807) is 0 Å². The molecule has 1 unspecified atom stereocenters. The lowest BCUT2D eigenvalue weighted by Crippen LogP contribution is -2.39. The molecule has 2 fully saturated rings. The van der Waals surface area contributed by atoms with Gasteiger partial charge in [0.15, 0.2) is 5.69 Å². The highest BCUT2D eigenvalue weighted by molar-refractivity contribution is 5.93. The molecule has 2 aliphatic rings. The van der Waals surface area contributed by atoms with Crippen molar-refractivity contribution in [3.8, 4) is 0 Å². The van der Waals surface area contributed by atoms with E-state index >= 15 is 0 Å². The summed E-state index contributed by atoms with van der Waals surface area (Å²) in [4.78, 5) is 15.0. The van der Waals surface area contributed by atoms with E-state index in [0.717, 1.165) is 44.6 Å². The Morgan fingerprint density at radius 2 is 2.08 bits per heavy atom. The van der Waals surface area contributed by atoms with Gasteiger partial charge in [0.25, 0.3) is 5.91 Å². The van der Waals surface area contributed by atoms with E-state index in [4.69, 9.17) is 0 Å². The molecule has 2 saturated heterocycles. The zero-order valence-electron chi connectivity index (χ0n) is 15.6. The lowest BCUT2D eigenvalue weighted by Gasteiger charge is -2.33. The number of hydrogen-bond donors (Lipinski definition) is 2. The Hall–Kier alpha value is -1.47. The van der Waals surface area contributed by atoms with Crippen molar-refractivity contribution in [2.75, 3.05) is 32.7 Å². The molecule has 0 aliphatic carbocycles. The summed E-state index contributed by atoms with van der Waals surface area (Å²) in [7, 11) is 0. The molecule has 1 aromatic rings. The number of likely N-dealkylation sites (tertiary alicyclic amines) is 1. The van der Waals surface area contributed by atoms with Gasteiger partial charge in [0.05, 0.1) is 11.7 Å². The fourth-order valence-corrected chi connectivity index (χ4v) is 4.01. The van der Waals surface area contributed by atoms with Crippen molar-refractivity contribution in [1.29, 1.82) is 0 Å². The molecule has 140 valence electrons. The largest absolute Gasteiger partial charge is 0.351 e. The van der Waals surface area contributed by atoms with E-state index < -0.39 is 0 Å². The average molecular weight is 348 g/mol. The third kappa shape index (κ3) is 4.58. The van der Waals surface area contributed by atoms with Crippen LogP contribution in [0.25, 0.3) is 0 Å². The van der Waals surface area contributed by atoms with Gasteiger partial charge >= 0.3 is 0 Å². The Kier molecular flexibility index (Phi) is 6.42. The number of nitrogens with zero attached hydrogens (tertiary/aromatic N) is 4. The smallest absolute Gasteiger partial charge is 0.273 e. The van der Waals surface area contributed by atoms with Crippen LogP contribution < -0.4 is 10.6 Å². The van der Waals surface area contributed by atoms with E-state index in [1.165, 1.54) is 25.8 Å². The highest BCUT2D eigenvalue weighted by Gasteiger charge is 2.23. The van der Waals surface area contributed by atoms with Crippen LogP contribution in [0.2, 0.25) is 0 Å². The third-order valence-corrected chi connectivity index (χ3v) is 5.65. The van der Waals surface area contributed by atoms with Crippen LogP contribution in [0.1, 0.15) is 67.7 Å². The maximum Gasteiger partial charge on any atom is 0.273 e. The molecule has 0 bridgehead atoms. The van der Waals surface area contributed by atoms with Crippen molar-refractivity contribution in [2.45, 2.75) is 64.5 Å². The minimum atomic E-state index is -0.0932. The predicted molar refractivity (Wildman–Crippen MR) is 97.7 cm³/mol. The molecule has 7 nitrogen and oxygen atoms in total. The summed E-state index contributed by atoms with van der Waals surface area (Å²) in [6.45, 7) is 9.20. The molecule has 0 aromatic carbocycles. The first-order valence-electron chi connectivity index (χ1n) is 9.81. The summed E-state index contributed by atoms with van der Waals surface area (Å²) in [5.41, 5.74) is 1.36. The summed E-state index contributed by atoms with van der Waals surface area (Å²) in [6.07, 6.45) is 7.01. The molecule has 3 heterocycles. The maximum absolute atomic E-state index is 12.4. The van der Waals surface area contributed by atoms with Gasteiger partial charge in [0.1, 0.15) is 0 Å². The van der Waals surface area contributed by atoms with Gasteiger partial charge in [-0.25, -0.2) is 4.68 Å². The zero-order valence-corrected chi connectivity index (χ0v) is 15.6. The summed E-state index contributed by atoms with van der Waals surface area (Å²) >= 11 is 0. The lowest BCUT2D eigenvalue weighted by molar-refractivity contribution is 0.0943. The van der Waals surface area contributed by atoms with E-state index in [9.17, 15) is 4.79 Å². The molecule has 0 radical (unpaired) electrons. The quantitative estimate of drug-likeness (QED) is 0.762. The Labute approximate surface area is 150 Å². The van der Waals surface area contributed by atoms with Crippen LogP contribution in [0.5, 0.6) is 0 Å². The van der Waals surface area contributed by atoms with Crippen molar-refractivity contribution < 1.29 is 4.79 Å². The van der Waals surface area contributed by atoms with Gasteiger partial charge in [-0.3, -0.25) is 4.79 Å². The third-order valence-electron chi connectivity index (χ3n) is 5.65. The highest BCUT2D eigenvalue weighted by Crippen LogP contribution is 2.20. The Bertz CT molecular complexity index is 566. The van der Waals surface area contributed by atoms with Crippen molar-refractivity contribution in [3.63, 3.8) is 0 Å². The number of amides is 1. The summed E-state index contributed by atoms with van der Waals surface area (Å²) in [6, 6.07) is 1.03. The number of piperidine rings is 2. The molecule has 0 spiro atoms. The van der Waals surface area contributed by atoms with E-state index in [-0.39, 0.29) is 5.91 Å². The number of rotatable bonds is 6. The Morgan fingerprint density at radius 3 is 2.84 bits per heavy atom. The molecule has 1 aromatic heterocycles. The van der Waals surface area contributed by atoms with Gasteiger partial charge in [-0.05, 0) is 65.6 Å². The lowest BCUT2D eigenvalue weighted by atomic mass is 10.0. The van der Waals surface area contributed by atoms with Gasteiger partial charge in [-0.15, -0.1) is 5.10 Å². The molecule has 2 N–H and O–H groups in total. The highest BCUT2D eigenvalue weighted by atomic mass is 16.2. The standard InChI is InChI=1S/C18H32N6O/c1-14-6-3-4-12-23(14)13-5-9-20-18(25)17-15(2)24(22-21-17)16-7-10-19-11-8-16/h14,16,19H,3-13H2,1-2H3,(H,20,25). The number of nitrogens with one attached hydrogen (secondary N) is 2. The SMILES string of the molecule is Cc1c(C(=O)NCCCN2CCCCC2C)nnn1C1CCNCC1. The van der Waals surface area contributed by atoms with Gasteiger partial charge < -0.3 is 15.5 Å². The first-order valence-corrected chi connectivity index (χ1v) is 9.81. The topological polar surface area (TPSA) is 75.1 Å². The van der Waals surface area contributed by atoms with Crippen LogP contribution in [0.3, 0.4) is 0 Å². The first-order chi connectivity index (χ1) is 12.2. The molecule has 25 heavy (non-hydrogen) atoms. The summed E-state index contributed by atoms with van der Waals surface area (Å²) < 4.78 is 1.94. The molecule has 0 saturated carbocycles. The second-order valence-corrected chi connectivity index (χ2v) is 7.44. The molecular formula is C18H32N6O. The number of aromatic nitrogens is 3. The first kappa shape index (κ1) is 18.3. The van der Waals surface area contributed by atoms with Crippen LogP contribution in [0.15, 0.2) is 0 Å². The second-order valence-electron chi connectivity index (χ2n) is 7.44. The van der Waals surface area contributed by atoms with Crippen molar-refractivity contribution >= 4 is 5.91 Å². The predicted octanol–water partition coefficient (Wildman–Crippen LogP) is 1.51. The van der Waals surface area contributed by atoms with Gasteiger partial charge in [-0.1, -0.05) is 11.6 Å². The normalized spacial score (nSPS) is 22.9. The minimum Gasteiger partial charge on any atom is -0.351 e. The minimum absolute atomic E-state index is 0.0932. The monoisotopic (exact) mass is 348 g/mol. The van der Waals surface area contributed by atoms with Gasteiger partial charge in [0, 0.05) is 19.1 Å². The van der Waals surface area contributed by atoms with Crippen LogP contribution in [-0.2, 0) is 0 Å². The molecule has 7 heteroatoms. The molecule has 1 amide bonds. The average Bonchev–Trinajstić information content (AvgIpc) is 3.02. The van der Waals surface area contributed by atoms with E-state index in [0.29, 0.717) is 24.3 Å². The summed E-state index contributed by atoms with van der Waals surface area (Å²) in [5, 5.41) is 14.8. The van der Waals surface area contributed by atoms with Gasteiger partial charge in [0.2, 0.25) is 0 Å². The number of hydrogen-bond acceptors (Lipinski definition) is 5. The van der Waals surface area contributed by atoms with E-state index in [2.05, 4.69) is 32.8 Å². The van der Waals surface area contributed by atoms with Crippen LogP contribution >= 0.6 is 0 Å². The van der Waals surface area contributed by atoms with Crippen LogP contribution in [-0.4, -0.2) is 64.6 Å². The van der Waals surface area contributed by atoms with Crippen molar-refractivity contribution in [1.82, 2.24) is 30.5 Å². The maximum atomic E-state index is 12.4. The molecular weight excluding hydrogens is 316 g/mol. The van der Waals surface area contributed by atoms with Crippen molar-refractivity contribution in [3.05, 3.63) is 11.4 Å². The Balaban J connectivity index is 1.46. The number of carbonyl (C=O) groups is 1. The Morgan fingerprint density at radius 1 is 1.28 bits per heavy atom. The fraction of sp³-hybridized carbons (Fsp3) is 0.833.